The molecule has 0 amide bonds. The third kappa shape index (κ3) is 3.92. The topological polar surface area (TPSA) is 12.9 Å². The van der Waals surface area contributed by atoms with E-state index in [1.807, 2.05) is 0 Å². The summed E-state index contributed by atoms with van der Waals surface area (Å²) in [6.45, 7) is 18.5. The molecule has 2 aromatic rings. The fourth-order valence-electron chi connectivity index (χ4n) is 3.06. The first kappa shape index (κ1) is 17.9. The van der Waals surface area contributed by atoms with E-state index in [4.69, 9.17) is 4.98 Å². The van der Waals surface area contributed by atoms with Gasteiger partial charge in [0.25, 0.3) is 0 Å². The molecule has 0 unspecified atom stereocenters. The maximum Gasteiger partial charge on any atom is 0.0799 e. The van der Waals surface area contributed by atoms with Crippen molar-refractivity contribution in [3.05, 3.63) is 47.2 Å². The second-order valence-corrected chi connectivity index (χ2v) is 13.3. The number of benzene rings is 1. The highest BCUT2D eigenvalue weighted by Crippen LogP contribution is 2.27. The van der Waals surface area contributed by atoms with Crippen LogP contribution < -0.4 is 5.19 Å². The first-order chi connectivity index (χ1) is 10.6. The first-order valence-corrected chi connectivity index (χ1v) is 12.2. The highest BCUT2D eigenvalue weighted by molar-refractivity contribution is 6.89. The van der Waals surface area contributed by atoms with Crippen molar-refractivity contribution in [2.75, 3.05) is 0 Å². The third-order valence-corrected chi connectivity index (χ3v) is 6.59. The molecule has 0 N–H and O–H groups in total. The molecule has 0 aliphatic carbocycles. The number of hydrogen-bond acceptors (Lipinski definition) is 1. The van der Waals surface area contributed by atoms with Crippen molar-refractivity contribution < 1.29 is 0 Å². The maximum atomic E-state index is 4.83. The van der Waals surface area contributed by atoms with E-state index in [1.165, 1.54) is 27.4 Å². The lowest BCUT2D eigenvalue weighted by atomic mass is 9.95. The second kappa shape index (κ2) is 6.60. The first-order valence-electron chi connectivity index (χ1n) is 8.72. The van der Waals surface area contributed by atoms with E-state index in [9.17, 15) is 0 Å². The molecule has 0 saturated carbocycles. The molecule has 0 aliphatic rings. The molecule has 0 saturated heterocycles. The highest BCUT2D eigenvalue weighted by atomic mass is 28.3. The van der Waals surface area contributed by atoms with Crippen molar-refractivity contribution in [1.82, 2.24) is 4.98 Å². The molecule has 0 spiro atoms. The standard InChI is InChI=1S/C21H31NSi/c1-14(2)17-9-10-18(16(5)11-17)20-12-19(15(3)4)21(13-22-20)23(6,7)8/h9-15H,1-8H3. The van der Waals surface area contributed by atoms with Crippen LogP contribution in [-0.2, 0) is 0 Å². The summed E-state index contributed by atoms with van der Waals surface area (Å²) >= 11 is 0. The van der Waals surface area contributed by atoms with Gasteiger partial charge in [-0.15, -0.1) is 0 Å². The van der Waals surface area contributed by atoms with Crippen LogP contribution in [0.25, 0.3) is 11.3 Å². The molecule has 1 nitrogen and oxygen atoms in total. The Kier molecular flexibility index (Phi) is 5.15. The summed E-state index contributed by atoms with van der Waals surface area (Å²) in [5.41, 5.74) is 6.57. The molecule has 0 fully saturated rings. The molecule has 0 bridgehead atoms. The van der Waals surface area contributed by atoms with Gasteiger partial charge in [0.05, 0.1) is 13.8 Å². The Hall–Kier alpha value is -1.41. The molecule has 2 rings (SSSR count). The van der Waals surface area contributed by atoms with Crippen LogP contribution in [-0.4, -0.2) is 13.1 Å². The quantitative estimate of drug-likeness (QED) is 0.643. The van der Waals surface area contributed by atoms with Crippen LogP contribution >= 0.6 is 0 Å². The Bertz CT molecular complexity index is 693. The Balaban J connectivity index is 2.55. The fourth-order valence-corrected chi connectivity index (χ4v) is 4.73. The molecular formula is C21H31NSi. The molecule has 0 aliphatic heterocycles. The zero-order valence-corrected chi connectivity index (χ0v) is 17.0. The van der Waals surface area contributed by atoms with Gasteiger partial charge in [0.2, 0.25) is 0 Å². The number of nitrogens with zero attached hydrogens (tertiary/aromatic N) is 1. The number of rotatable bonds is 4. The van der Waals surface area contributed by atoms with E-state index in [1.54, 1.807) is 0 Å². The van der Waals surface area contributed by atoms with Crippen LogP contribution in [0.3, 0.4) is 0 Å². The maximum absolute atomic E-state index is 4.83. The van der Waals surface area contributed by atoms with Gasteiger partial charge in [-0.3, -0.25) is 4.98 Å². The third-order valence-electron chi connectivity index (χ3n) is 4.56. The smallest absolute Gasteiger partial charge is 0.0799 e. The summed E-state index contributed by atoms with van der Waals surface area (Å²) in [6.07, 6.45) is 2.15. The molecule has 2 heteroatoms. The Morgan fingerprint density at radius 1 is 0.913 bits per heavy atom. The summed E-state index contributed by atoms with van der Waals surface area (Å²) in [5, 5.41) is 1.49. The van der Waals surface area contributed by atoms with Gasteiger partial charge < -0.3 is 0 Å². The lowest BCUT2D eigenvalue weighted by Gasteiger charge is -2.23. The molecular weight excluding hydrogens is 294 g/mol. The van der Waals surface area contributed by atoms with Crippen molar-refractivity contribution in [1.29, 1.82) is 0 Å². The van der Waals surface area contributed by atoms with Crippen molar-refractivity contribution in [2.45, 2.75) is 66.1 Å². The minimum Gasteiger partial charge on any atom is -0.256 e. The lowest BCUT2D eigenvalue weighted by molar-refractivity contribution is 0.864. The molecule has 1 aromatic carbocycles. The normalized spacial score (nSPS) is 12.3. The van der Waals surface area contributed by atoms with Crippen molar-refractivity contribution in [3.8, 4) is 11.3 Å². The van der Waals surface area contributed by atoms with E-state index in [-0.39, 0.29) is 0 Å². The summed E-state index contributed by atoms with van der Waals surface area (Å²) in [6, 6.07) is 9.13. The largest absolute Gasteiger partial charge is 0.256 e. The van der Waals surface area contributed by atoms with Gasteiger partial charge in [0.15, 0.2) is 0 Å². The van der Waals surface area contributed by atoms with E-state index >= 15 is 0 Å². The highest BCUT2D eigenvalue weighted by Gasteiger charge is 2.22. The van der Waals surface area contributed by atoms with Gasteiger partial charge in [0, 0.05) is 11.8 Å². The molecule has 0 atom stereocenters. The number of hydrogen-bond donors (Lipinski definition) is 0. The second-order valence-electron chi connectivity index (χ2n) is 8.29. The van der Waals surface area contributed by atoms with Crippen LogP contribution in [0.15, 0.2) is 30.5 Å². The Morgan fingerprint density at radius 2 is 1.57 bits per heavy atom. The van der Waals surface area contributed by atoms with Crippen LogP contribution in [0.2, 0.25) is 19.6 Å². The van der Waals surface area contributed by atoms with E-state index < -0.39 is 8.07 Å². The summed E-state index contributed by atoms with van der Waals surface area (Å²) in [4.78, 5) is 4.83. The monoisotopic (exact) mass is 325 g/mol. The van der Waals surface area contributed by atoms with Crippen molar-refractivity contribution in [2.24, 2.45) is 0 Å². The van der Waals surface area contributed by atoms with Gasteiger partial charge in [-0.1, -0.05) is 65.5 Å². The van der Waals surface area contributed by atoms with E-state index in [0.29, 0.717) is 11.8 Å². The lowest BCUT2D eigenvalue weighted by Crippen LogP contribution is -2.40. The van der Waals surface area contributed by atoms with Gasteiger partial charge in [-0.05, 0) is 46.7 Å². The van der Waals surface area contributed by atoms with Crippen LogP contribution in [0.5, 0.6) is 0 Å². The zero-order chi connectivity index (χ0) is 17.4. The van der Waals surface area contributed by atoms with Crippen LogP contribution in [0.1, 0.15) is 56.2 Å². The zero-order valence-electron chi connectivity index (χ0n) is 16.0. The van der Waals surface area contributed by atoms with E-state index in [2.05, 4.69) is 84.7 Å². The molecule has 0 radical (unpaired) electrons. The van der Waals surface area contributed by atoms with Gasteiger partial charge in [-0.2, -0.15) is 0 Å². The van der Waals surface area contributed by atoms with Gasteiger partial charge >= 0.3 is 0 Å². The Morgan fingerprint density at radius 3 is 2.04 bits per heavy atom. The summed E-state index contributed by atoms with van der Waals surface area (Å²) in [7, 11) is -1.36. The fraction of sp³-hybridized carbons (Fsp3) is 0.476. The summed E-state index contributed by atoms with van der Waals surface area (Å²) in [5.74, 6) is 1.10. The predicted octanol–water partition coefficient (Wildman–Crippen LogP) is 5.85. The molecule has 124 valence electrons. The van der Waals surface area contributed by atoms with Gasteiger partial charge in [0.1, 0.15) is 0 Å². The Labute approximate surface area is 143 Å². The minimum absolute atomic E-state index is 0.536. The average molecular weight is 326 g/mol. The predicted molar refractivity (Wildman–Crippen MR) is 106 cm³/mol. The minimum atomic E-state index is -1.36. The average Bonchev–Trinajstić information content (AvgIpc) is 2.45. The molecule has 23 heavy (non-hydrogen) atoms. The molecule has 1 heterocycles. The van der Waals surface area contributed by atoms with Crippen LogP contribution in [0, 0.1) is 6.92 Å². The summed E-state index contributed by atoms with van der Waals surface area (Å²) < 4.78 is 0. The van der Waals surface area contributed by atoms with Crippen LogP contribution in [0.4, 0.5) is 0 Å². The molecule has 1 aromatic heterocycles. The van der Waals surface area contributed by atoms with Crippen molar-refractivity contribution in [3.63, 3.8) is 0 Å². The number of aryl methyl sites for hydroxylation is 1. The van der Waals surface area contributed by atoms with E-state index in [0.717, 1.165) is 5.69 Å². The number of pyridine rings is 1. The van der Waals surface area contributed by atoms with Gasteiger partial charge in [-0.25, -0.2) is 0 Å². The SMILES string of the molecule is Cc1cc(C(C)C)ccc1-c1cc(C(C)C)c([Si](C)(C)C)cn1. The number of aromatic nitrogens is 1. The van der Waals surface area contributed by atoms with Crippen molar-refractivity contribution >= 4 is 13.3 Å².